The van der Waals surface area contributed by atoms with Crippen LogP contribution in [0.1, 0.15) is 15.9 Å². The third-order valence-electron chi connectivity index (χ3n) is 4.04. The van der Waals surface area contributed by atoms with E-state index in [1.54, 1.807) is 36.6 Å². The summed E-state index contributed by atoms with van der Waals surface area (Å²) in [6, 6.07) is 7.30. The van der Waals surface area contributed by atoms with Crippen LogP contribution >= 0.6 is 35.3 Å². The van der Waals surface area contributed by atoms with E-state index >= 15 is 0 Å². The maximum absolute atomic E-state index is 12.7. The molecule has 1 aromatic heterocycles. The molecule has 1 aliphatic rings. The number of rotatable bonds is 4. The summed E-state index contributed by atoms with van der Waals surface area (Å²) in [6.07, 6.45) is 0. The van der Waals surface area contributed by atoms with E-state index in [9.17, 15) is 4.79 Å². The third-order valence-corrected chi connectivity index (χ3v) is 5.00. The molecule has 0 saturated carbocycles. The van der Waals surface area contributed by atoms with Gasteiger partial charge >= 0.3 is 0 Å². The normalized spacial score (nSPS) is 15.0. The molecule has 1 saturated heterocycles. The van der Waals surface area contributed by atoms with E-state index in [1.807, 2.05) is 4.90 Å². The van der Waals surface area contributed by atoms with Crippen molar-refractivity contribution >= 4 is 41.3 Å². The molecule has 2 heterocycles. The van der Waals surface area contributed by atoms with Crippen LogP contribution in [-0.2, 0) is 6.54 Å². The van der Waals surface area contributed by atoms with E-state index < -0.39 is 0 Å². The second-order valence-electron chi connectivity index (χ2n) is 5.54. The van der Waals surface area contributed by atoms with Gasteiger partial charge < -0.3 is 9.64 Å². The molecular formula is C17H20Cl2N2O2S. The lowest BCUT2D eigenvalue weighted by Crippen LogP contribution is -2.48. The second kappa shape index (κ2) is 8.72. The fourth-order valence-electron chi connectivity index (χ4n) is 2.77. The molecule has 7 heteroatoms. The highest BCUT2D eigenvalue weighted by molar-refractivity contribution is 7.07. The molecule has 4 nitrogen and oxygen atoms in total. The molecule has 1 amide bonds. The van der Waals surface area contributed by atoms with Gasteiger partial charge in [0.1, 0.15) is 5.75 Å². The first-order valence-electron chi connectivity index (χ1n) is 7.53. The monoisotopic (exact) mass is 386 g/mol. The van der Waals surface area contributed by atoms with Crippen LogP contribution in [0, 0.1) is 0 Å². The number of amides is 1. The van der Waals surface area contributed by atoms with E-state index in [0.717, 1.165) is 32.7 Å². The van der Waals surface area contributed by atoms with Crippen molar-refractivity contribution in [3.05, 3.63) is 51.2 Å². The number of carbonyl (C=O) groups excluding carboxylic acids is 1. The number of hydrogen-bond donors (Lipinski definition) is 0. The zero-order valence-electron chi connectivity index (χ0n) is 13.4. The summed E-state index contributed by atoms with van der Waals surface area (Å²) >= 11 is 7.74. The summed E-state index contributed by atoms with van der Waals surface area (Å²) in [5.74, 6) is 0.555. The molecule has 130 valence electrons. The summed E-state index contributed by atoms with van der Waals surface area (Å²) in [7, 11) is 1.57. The van der Waals surface area contributed by atoms with Crippen LogP contribution in [0.15, 0.2) is 35.0 Å². The van der Waals surface area contributed by atoms with E-state index in [-0.39, 0.29) is 18.3 Å². The van der Waals surface area contributed by atoms with Crippen LogP contribution in [-0.4, -0.2) is 49.0 Å². The number of halogens is 2. The largest absolute Gasteiger partial charge is 0.496 e. The van der Waals surface area contributed by atoms with Gasteiger partial charge in [0.2, 0.25) is 0 Å². The molecule has 0 N–H and O–H groups in total. The molecule has 0 bridgehead atoms. The van der Waals surface area contributed by atoms with Crippen LogP contribution in [0.25, 0.3) is 0 Å². The van der Waals surface area contributed by atoms with Crippen molar-refractivity contribution < 1.29 is 9.53 Å². The van der Waals surface area contributed by atoms with Gasteiger partial charge in [-0.15, -0.1) is 12.4 Å². The van der Waals surface area contributed by atoms with Crippen LogP contribution in [0.4, 0.5) is 0 Å². The first-order valence-corrected chi connectivity index (χ1v) is 8.85. The highest BCUT2D eigenvalue weighted by atomic mass is 35.5. The number of hydrogen-bond acceptors (Lipinski definition) is 4. The van der Waals surface area contributed by atoms with Crippen LogP contribution in [0.3, 0.4) is 0 Å². The Balaban J connectivity index is 0.00000208. The minimum absolute atomic E-state index is 0. The first-order chi connectivity index (χ1) is 11.2. The Morgan fingerprint density at radius 2 is 2.00 bits per heavy atom. The fraction of sp³-hybridized carbons (Fsp3) is 0.353. The molecule has 0 aliphatic carbocycles. The molecule has 1 aliphatic heterocycles. The van der Waals surface area contributed by atoms with Gasteiger partial charge in [-0.3, -0.25) is 9.69 Å². The average molecular weight is 387 g/mol. The van der Waals surface area contributed by atoms with Gasteiger partial charge in [-0.05, 0) is 40.6 Å². The maximum atomic E-state index is 12.7. The summed E-state index contributed by atoms with van der Waals surface area (Å²) in [6.45, 7) is 4.15. The number of benzene rings is 1. The van der Waals surface area contributed by atoms with Crippen molar-refractivity contribution in [1.82, 2.24) is 9.80 Å². The van der Waals surface area contributed by atoms with Gasteiger partial charge in [-0.2, -0.15) is 11.3 Å². The minimum atomic E-state index is -0.0143. The molecular weight excluding hydrogens is 367 g/mol. The van der Waals surface area contributed by atoms with Crippen molar-refractivity contribution in [3.8, 4) is 5.75 Å². The zero-order chi connectivity index (χ0) is 16.2. The van der Waals surface area contributed by atoms with E-state index in [4.69, 9.17) is 16.3 Å². The molecule has 0 atom stereocenters. The molecule has 2 aromatic rings. The van der Waals surface area contributed by atoms with Gasteiger partial charge in [0, 0.05) is 37.7 Å². The third kappa shape index (κ3) is 4.42. The van der Waals surface area contributed by atoms with Crippen LogP contribution < -0.4 is 4.74 Å². The predicted molar refractivity (Wildman–Crippen MR) is 101 cm³/mol. The van der Waals surface area contributed by atoms with Gasteiger partial charge in [-0.1, -0.05) is 11.6 Å². The first kappa shape index (κ1) is 19.1. The maximum Gasteiger partial charge on any atom is 0.257 e. The average Bonchev–Trinajstić information content (AvgIpc) is 3.08. The topological polar surface area (TPSA) is 32.8 Å². The molecule has 0 spiro atoms. The Bertz CT molecular complexity index is 671. The Hall–Kier alpha value is -1.27. The predicted octanol–water partition coefficient (Wildman–Crippen LogP) is 3.79. The van der Waals surface area contributed by atoms with Crippen molar-refractivity contribution in [2.75, 3.05) is 33.3 Å². The number of nitrogens with zero attached hydrogens (tertiary/aromatic N) is 2. The standard InChI is InChI=1S/C17H19ClN2O2S.ClH/c1-22-16-3-2-14(18)10-15(16)17(21)20-7-5-19(6-8-20)11-13-4-9-23-12-13;/h2-4,9-10,12H,5-8,11H2,1H3;1H. The summed E-state index contributed by atoms with van der Waals surface area (Å²) in [5, 5.41) is 4.82. The number of carbonyl (C=O) groups is 1. The van der Waals surface area contributed by atoms with Gasteiger partial charge in [0.25, 0.3) is 5.91 Å². The molecule has 0 unspecified atom stereocenters. The van der Waals surface area contributed by atoms with E-state index in [0.29, 0.717) is 16.3 Å². The van der Waals surface area contributed by atoms with Crippen molar-refractivity contribution in [2.24, 2.45) is 0 Å². The van der Waals surface area contributed by atoms with Crippen molar-refractivity contribution in [3.63, 3.8) is 0 Å². The number of ether oxygens (including phenoxy) is 1. The SMILES string of the molecule is COc1ccc(Cl)cc1C(=O)N1CCN(Cc2ccsc2)CC1.Cl. The summed E-state index contributed by atoms with van der Waals surface area (Å²) < 4.78 is 5.29. The Morgan fingerprint density at radius 3 is 2.62 bits per heavy atom. The Morgan fingerprint density at radius 1 is 1.25 bits per heavy atom. The number of thiophene rings is 1. The lowest BCUT2D eigenvalue weighted by molar-refractivity contribution is 0.0625. The summed E-state index contributed by atoms with van der Waals surface area (Å²) in [5.41, 5.74) is 1.87. The highest BCUT2D eigenvalue weighted by Gasteiger charge is 2.24. The lowest BCUT2D eigenvalue weighted by Gasteiger charge is -2.34. The number of methoxy groups -OCH3 is 1. The van der Waals surface area contributed by atoms with Crippen LogP contribution in [0.5, 0.6) is 5.75 Å². The Labute approximate surface area is 157 Å². The van der Waals surface area contributed by atoms with E-state index in [1.165, 1.54) is 5.56 Å². The molecule has 3 rings (SSSR count). The Kier molecular flexibility index (Phi) is 6.92. The quantitative estimate of drug-likeness (QED) is 0.800. The van der Waals surface area contributed by atoms with Gasteiger partial charge in [-0.25, -0.2) is 0 Å². The van der Waals surface area contributed by atoms with Crippen molar-refractivity contribution in [2.45, 2.75) is 6.54 Å². The smallest absolute Gasteiger partial charge is 0.257 e. The zero-order valence-corrected chi connectivity index (χ0v) is 15.8. The molecule has 0 radical (unpaired) electrons. The summed E-state index contributed by atoms with van der Waals surface area (Å²) in [4.78, 5) is 17.0. The second-order valence-corrected chi connectivity index (χ2v) is 6.76. The van der Waals surface area contributed by atoms with E-state index in [2.05, 4.69) is 21.7 Å². The lowest BCUT2D eigenvalue weighted by atomic mass is 10.1. The van der Waals surface area contributed by atoms with Crippen LogP contribution in [0.2, 0.25) is 5.02 Å². The fourth-order valence-corrected chi connectivity index (χ4v) is 3.60. The van der Waals surface area contributed by atoms with Crippen molar-refractivity contribution in [1.29, 1.82) is 0 Å². The molecule has 1 fully saturated rings. The minimum Gasteiger partial charge on any atom is -0.496 e. The number of piperazine rings is 1. The molecule has 1 aromatic carbocycles. The highest BCUT2D eigenvalue weighted by Crippen LogP contribution is 2.24. The van der Waals surface area contributed by atoms with Gasteiger partial charge in [0.15, 0.2) is 0 Å². The van der Waals surface area contributed by atoms with Gasteiger partial charge in [0.05, 0.1) is 12.7 Å². The molecule has 24 heavy (non-hydrogen) atoms.